The van der Waals surface area contributed by atoms with Crippen molar-refractivity contribution in [3.05, 3.63) is 71.0 Å². The Morgan fingerprint density at radius 2 is 1.84 bits per heavy atom. The molecule has 3 aliphatic carbocycles. The molecule has 5 nitrogen and oxygen atoms in total. The van der Waals surface area contributed by atoms with Crippen LogP contribution in [0.4, 0.5) is 9.18 Å². The summed E-state index contributed by atoms with van der Waals surface area (Å²) < 4.78 is 19.5. The Morgan fingerprint density at radius 3 is 2.56 bits per heavy atom. The van der Waals surface area contributed by atoms with Crippen molar-refractivity contribution >= 4 is 23.6 Å². The van der Waals surface area contributed by atoms with E-state index < -0.39 is 5.60 Å². The lowest BCUT2D eigenvalue weighted by atomic mass is 9.46. The van der Waals surface area contributed by atoms with Crippen molar-refractivity contribution in [1.82, 2.24) is 10.2 Å². The van der Waals surface area contributed by atoms with Gasteiger partial charge in [-0.3, -0.25) is 9.69 Å². The number of fused-ring (bicyclic) bond motifs is 1. The molecule has 0 aromatic heterocycles. The lowest BCUT2D eigenvalue weighted by Gasteiger charge is -2.68. The van der Waals surface area contributed by atoms with E-state index >= 15 is 0 Å². The molecular formula is C25H26ClFN2O3. The van der Waals surface area contributed by atoms with Crippen molar-refractivity contribution in [3.8, 4) is 0 Å². The molecule has 0 unspecified atom stereocenters. The van der Waals surface area contributed by atoms with Gasteiger partial charge in [-0.05, 0) is 41.7 Å². The van der Waals surface area contributed by atoms with Crippen LogP contribution in [0.2, 0.25) is 0 Å². The van der Waals surface area contributed by atoms with Gasteiger partial charge in [0.1, 0.15) is 11.4 Å². The lowest BCUT2D eigenvalue weighted by Crippen LogP contribution is -2.80. The molecule has 0 saturated heterocycles. The molecule has 4 aliphatic rings. The van der Waals surface area contributed by atoms with Crippen LogP contribution in [-0.4, -0.2) is 40.5 Å². The van der Waals surface area contributed by atoms with Crippen molar-refractivity contribution < 1.29 is 18.7 Å². The molecule has 2 amide bonds. The first-order chi connectivity index (χ1) is 15.4. The minimum absolute atomic E-state index is 0.00860. The summed E-state index contributed by atoms with van der Waals surface area (Å²) in [5.41, 5.74) is 2.38. The fraction of sp³-hybridized carbons (Fsp3) is 0.440. The average molecular weight is 457 g/mol. The van der Waals surface area contributed by atoms with Gasteiger partial charge in [0.25, 0.3) is 0 Å². The predicted molar refractivity (Wildman–Crippen MR) is 119 cm³/mol. The number of ether oxygens (including phenoxy) is 1. The molecule has 32 heavy (non-hydrogen) atoms. The zero-order valence-electron chi connectivity index (χ0n) is 17.8. The number of rotatable bonds is 6. The Hall–Kier alpha value is -2.60. The van der Waals surface area contributed by atoms with E-state index in [0.717, 1.165) is 17.5 Å². The summed E-state index contributed by atoms with van der Waals surface area (Å²) in [7, 11) is 0. The van der Waals surface area contributed by atoms with Crippen LogP contribution in [0.5, 0.6) is 0 Å². The first kappa shape index (κ1) is 21.3. The Kier molecular flexibility index (Phi) is 5.36. The fourth-order valence-corrected chi connectivity index (χ4v) is 5.67. The van der Waals surface area contributed by atoms with E-state index in [9.17, 15) is 14.0 Å². The summed E-state index contributed by atoms with van der Waals surface area (Å²) in [6.45, 7) is 0.536. The molecule has 6 rings (SSSR count). The van der Waals surface area contributed by atoms with E-state index in [1.165, 1.54) is 17.7 Å². The first-order valence-electron chi connectivity index (χ1n) is 11.1. The van der Waals surface area contributed by atoms with Crippen molar-refractivity contribution in [3.63, 3.8) is 0 Å². The molecular weight excluding hydrogens is 431 g/mol. The molecule has 1 atom stereocenters. The topological polar surface area (TPSA) is 58.6 Å². The number of nitrogens with one attached hydrogen (secondary N) is 1. The van der Waals surface area contributed by atoms with Gasteiger partial charge in [0, 0.05) is 38.1 Å². The number of benzene rings is 2. The summed E-state index contributed by atoms with van der Waals surface area (Å²) in [4.78, 5) is 27.1. The van der Waals surface area contributed by atoms with Gasteiger partial charge in [0.2, 0.25) is 5.91 Å². The minimum atomic E-state index is -0.485. The van der Waals surface area contributed by atoms with E-state index in [-0.39, 0.29) is 29.4 Å². The summed E-state index contributed by atoms with van der Waals surface area (Å²) in [5.74, 6) is 0.171. The number of carbonyl (C=O) groups excluding carboxylic acids is 2. The summed E-state index contributed by atoms with van der Waals surface area (Å²) >= 11 is 5.66. The molecule has 2 bridgehead atoms. The van der Waals surface area contributed by atoms with Gasteiger partial charge in [0.05, 0.1) is 11.6 Å². The van der Waals surface area contributed by atoms with Gasteiger partial charge in [-0.25, -0.2) is 9.18 Å². The van der Waals surface area contributed by atoms with Crippen molar-refractivity contribution in [2.45, 2.75) is 55.7 Å². The smallest absolute Gasteiger partial charge is 0.411 e. The zero-order valence-corrected chi connectivity index (χ0v) is 18.5. The molecule has 1 heterocycles. The molecule has 0 spiro atoms. The highest BCUT2D eigenvalue weighted by molar-refractivity contribution is 6.17. The van der Waals surface area contributed by atoms with E-state index in [2.05, 4.69) is 11.4 Å². The van der Waals surface area contributed by atoms with Crippen LogP contribution in [0.25, 0.3) is 0 Å². The van der Waals surface area contributed by atoms with Gasteiger partial charge in [-0.1, -0.05) is 36.4 Å². The molecule has 2 aromatic rings. The van der Waals surface area contributed by atoms with Gasteiger partial charge in [0.15, 0.2) is 0 Å². The highest BCUT2D eigenvalue weighted by atomic mass is 35.5. The highest BCUT2D eigenvalue weighted by Gasteiger charge is 2.71. The first-order valence-corrected chi connectivity index (χ1v) is 11.7. The quantitative estimate of drug-likeness (QED) is 0.640. The third-order valence-corrected chi connectivity index (χ3v) is 7.20. The summed E-state index contributed by atoms with van der Waals surface area (Å²) in [5, 5.41) is 3.09. The van der Waals surface area contributed by atoms with E-state index in [1.54, 1.807) is 17.0 Å². The number of hydrogen-bond acceptors (Lipinski definition) is 3. The Balaban J connectivity index is 1.29. The third-order valence-electron chi connectivity index (χ3n) is 6.93. The molecule has 2 aromatic carbocycles. The number of amides is 2. The second-order valence-electron chi connectivity index (χ2n) is 9.30. The van der Waals surface area contributed by atoms with Crippen LogP contribution in [0.15, 0.2) is 48.5 Å². The van der Waals surface area contributed by atoms with Crippen molar-refractivity contribution in [2.24, 2.45) is 0 Å². The van der Waals surface area contributed by atoms with Gasteiger partial charge >= 0.3 is 6.09 Å². The maximum absolute atomic E-state index is 13.5. The Bertz CT molecular complexity index is 1020. The van der Waals surface area contributed by atoms with E-state index in [1.807, 2.05) is 18.2 Å². The van der Waals surface area contributed by atoms with E-state index in [0.29, 0.717) is 44.5 Å². The largest absolute Gasteiger partial charge is 0.442 e. The molecule has 1 N–H and O–H groups in total. The number of hydrogen-bond donors (Lipinski definition) is 1. The monoisotopic (exact) mass is 456 g/mol. The normalized spacial score (nSPS) is 27.6. The number of carbonyl (C=O) groups is 2. The maximum Gasteiger partial charge on any atom is 0.411 e. The SMILES string of the molecule is O=C(CCCCl)NC12CC(OC(=O)N3CCc4ccccc4[C@@H]3c3ccc(F)cc3)(C1)C2. The van der Waals surface area contributed by atoms with E-state index in [4.69, 9.17) is 16.3 Å². The van der Waals surface area contributed by atoms with Crippen LogP contribution < -0.4 is 5.32 Å². The molecule has 0 radical (unpaired) electrons. The molecule has 3 fully saturated rings. The number of nitrogens with zero attached hydrogens (tertiary/aromatic N) is 1. The van der Waals surface area contributed by atoms with Crippen LogP contribution in [0, 0.1) is 5.82 Å². The van der Waals surface area contributed by atoms with Gasteiger partial charge in [-0.2, -0.15) is 0 Å². The van der Waals surface area contributed by atoms with Crippen LogP contribution in [0.3, 0.4) is 0 Å². The zero-order chi connectivity index (χ0) is 22.3. The summed E-state index contributed by atoms with van der Waals surface area (Å²) in [6.07, 6.45) is 3.44. The molecule has 1 aliphatic heterocycles. The number of alkyl halides is 1. The highest BCUT2D eigenvalue weighted by Crippen LogP contribution is 2.63. The van der Waals surface area contributed by atoms with Gasteiger partial charge < -0.3 is 10.1 Å². The average Bonchev–Trinajstić information content (AvgIpc) is 2.75. The van der Waals surface area contributed by atoms with Crippen LogP contribution >= 0.6 is 11.6 Å². The van der Waals surface area contributed by atoms with Crippen molar-refractivity contribution in [1.29, 1.82) is 0 Å². The molecule has 7 heteroatoms. The molecule has 168 valence electrons. The van der Waals surface area contributed by atoms with Crippen molar-refractivity contribution in [2.75, 3.05) is 12.4 Å². The fourth-order valence-electron chi connectivity index (χ4n) is 5.53. The molecule has 3 saturated carbocycles. The van der Waals surface area contributed by atoms with Crippen LogP contribution in [0.1, 0.15) is 54.8 Å². The van der Waals surface area contributed by atoms with Gasteiger partial charge in [-0.15, -0.1) is 11.6 Å². The maximum atomic E-state index is 13.5. The second-order valence-corrected chi connectivity index (χ2v) is 9.68. The predicted octanol–water partition coefficient (Wildman–Crippen LogP) is 4.72. The van der Waals surface area contributed by atoms with Crippen LogP contribution in [-0.2, 0) is 16.0 Å². The minimum Gasteiger partial charge on any atom is -0.442 e. The standard InChI is InChI=1S/C25H26ClFN2O3/c26-12-3-6-21(30)28-24-14-25(15-24,16-24)32-23(31)29-13-11-17-4-1-2-5-20(17)22(29)18-7-9-19(27)10-8-18/h1-2,4-5,7-10,22H,3,6,11-16H2,(H,28,30)/t22-,24?,25?/m0/s1. The second kappa shape index (κ2) is 8.07. The summed E-state index contributed by atoms with van der Waals surface area (Å²) in [6, 6.07) is 14.1. The third kappa shape index (κ3) is 3.75. The number of halogens is 2. The Labute approximate surface area is 191 Å². The Morgan fingerprint density at radius 1 is 1.12 bits per heavy atom. The lowest BCUT2D eigenvalue weighted by molar-refractivity contribution is -0.223.